The first-order chi connectivity index (χ1) is 12.5. The summed E-state index contributed by atoms with van der Waals surface area (Å²) in [6.45, 7) is 9.21. The molecule has 2 nitrogen and oxygen atoms in total. The number of nitrogens with zero attached hydrogens (tertiary/aromatic N) is 2. The fourth-order valence-corrected chi connectivity index (χ4v) is 4.54. The van der Waals surface area contributed by atoms with E-state index in [0.717, 1.165) is 5.69 Å². The summed E-state index contributed by atoms with van der Waals surface area (Å²) in [4.78, 5) is 9.22. The van der Waals surface area contributed by atoms with E-state index >= 15 is 0 Å². The minimum absolute atomic E-state index is 0.100. The molecule has 5 rings (SSSR count). The Kier molecular flexibility index (Phi) is 3.06. The lowest BCUT2D eigenvalue weighted by atomic mass is 9.67. The normalized spacial score (nSPS) is 14.8. The van der Waals surface area contributed by atoms with Gasteiger partial charge in [0, 0.05) is 40.3 Å². The molecule has 0 unspecified atom stereocenters. The van der Waals surface area contributed by atoms with Crippen LogP contribution in [0, 0.1) is 0 Å². The molecule has 26 heavy (non-hydrogen) atoms. The molecular weight excluding hydrogens is 316 g/mol. The van der Waals surface area contributed by atoms with Gasteiger partial charge < -0.3 is 0 Å². The van der Waals surface area contributed by atoms with E-state index in [9.17, 15) is 0 Å². The van der Waals surface area contributed by atoms with E-state index in [1.165, 1.54) is 43.8 Å². The third-order valence-electron chi connectivity index (χ3n) is 5.93. The second-order valence-electron chi connectivity index (χ2n) is 8.19. The first-order valence-corrected chi connectivity index (χ1v) is 9.29. The van der Waals surface area contributed by atoms with Crippen molar-refractivity contribution in [2.75, 3.05) is 0 Å². The monoisotopic (exact) mass is 338 g/mol. The topological polar surface area (TPSA) is 25.8 Å². The van der Waals surface area contributed by atoms with Crippen molar-refractivity contribution >= 4 is 21.5 Å². The Morgan fingerprint density at radius 1 is 0.923 bits per heavy atom. The van der Waals surface area contributed by atoms with Crippen LogP contribution in [0.2, 0.25) is 0 Å². The van der Waals surface area contributed by atoms with Gasteiger partial charge in [0.05, 0.1) is 5.69 Å². The van der Waals surface area contributed by atoms with E-state index in [-0.39, 0.29) is 5.41 Å². The van der Waals surface area contributed by atoms with Gasteiger partial charge in [-0.1, -0.05) is 52.0 Å². The third kappa shape index (κ3) is 1.93. The van der Waals surface area contributed by atoms with Crippen LogP contribution in [0.15, 0.2) is 55.0 Å². The molecule has 0 fully saturated rings. The molecule has 1 aliphatic carbocycles. The van der Waals surface area contributed by atoms with Crippen molar-refractivity contribution in [2.24, 2.45) is 0 Å². The van der Waals surface area contributed by atoms with E-state index in [0.29, 0.717) is 5.92 Å². The number of hydrogen-bond donors (Lipinski definition) is 0. The zero-order chi connectivity index (χ0) is 18.1. The van der Waals surface area contributed by atoms with Gasteiger partial charge in [-0.2, -0.15) is 0 Å². The van der Waals surface area contributed by atoms with Gasteiger partial charge in [0.2, 0.25) is 0 Å². The first kappa shape index (κ1) is 15.5. The number of hydrogen-bond acceptors (Lipinski definition) is 2. The second-order valence-corrected chi connectivity index (χ2v) is 8.19. The molecule has 2 aromatic carbocycles. The molecule has 2 aromatic heterocycles. The third-order valence-corrected chi connectivity index (χ3v) is 5.93. The molecule has 0 aliphatic heterocycles. The molecule has 0 saturated heterocycles. The van der Waals surface area contributed by atoms with Crippen LogP contribution < -0.4 is 0 Å². The van der Waals surface area contributed by atoms with Crippen molar-refractivity contribution in [2.45, 2.75) is 39.0 Å². The second kappa shape index (κ2) is 5.14. The average molecular weight is 338 g/mol. The summed E-state index contributed by atoms with van der Waals surface area (Å²) in [6, 6.07) is 13.4. The standard InChI is InChI=1S/C24H22N2/c1-14(2)17-11-16-8-10-26-23-18-6-5-15-7-9-25-13-19(15)22(18)24(3,4)20(12-17)21(16)23/h5-14H,1-4H3. The Morgan fingerprint density at radius 2 is 1.73 bits per heavy atom. The van der Waals surface area contributed by atoms with Crippen LogP contribution in [-0.4, -0.2) is 9.97 Å². The summed E-state index contributed by atoms with van der Waals surface area (Å²) in [5.74, 6) is 0.499. The summed E-state index contributed by atoms with van der Waals surface area (Å²) >= 11 is 0. The summed E-state index contributed by atoms with van der Waals surface area (Å²) in [7, 11) is 0. The van der Waals surface area contributed by atoms with Gasteiger partial charge in [0.1, 0.15) is 0 Å². The molecule has 0 saturated carbocycles. The molecule has 0 radical (unpaired) electrons. The fraction of sp³-hybridized carbons (Fsp3) is 0.250. The Morgan fingerprint density at radius 3 is 2.54 bits per heavy atom. The van der Waals surface area contributed by atoms with Crippen LogP contribution in [-0.2, 0) is 5.41 Å². The fourth-order valence-electron chi connectivity index (χ4n) is 4.54. The lowest BCUT2D eigenvalue weighted by Crippen LogP contribution is -2.25. The summed E-state index contributed by atoms with van der Waals surface area (Å²) in [5.41, 5.74) is 6.36. The lowest BCUT2D eigenvalue weighted by molar-refractivity contribution is 0.648. The van der Waals surface area contributed by atoms with E-state index in [1.54, 1.807) is 0 Å². The van der Waals surface area contributed by atoms with Crippen molar-refractivity contribution in [3.05, 3.63) is 71.7 Å². The summed E-state index contributed by atoms with van der Waals surface area (Å²) < 4.78 is 0. The minimum Gasteiger partial charge on any atom is -0.264 e. The number of aromatic nitrogens is 2. The van der Waals surface area contributed by atoms with E-state index < -0.39 is 0 Å². The Balaban J connectivity index is 2.00. The molecule has 128 valence electrons. The van der Waals surface area contributed by atoms with Crippen molar-refractivity contribution < 1.29 is 0 Å². The number of rotatable bonds is 1. The molecule has 2 heterocycles. The van der Waals surface area contributed by atoms with E-state index in [1.807, 2.05) is 18.6 Å². The van der Waals surface area contributed by atoms with Crippen LogP contribution in [0.25, 0.3) is 32.8 Å². The van der Waals surface area contributed by atoms with Gasteiger partial charge >= 0.3 is 0 Å². The van der Waals surface area contributed by atoms with Gasteiger partial charge in [-0.15, -0.1) is 0 Å². The average Bonchev–Trinajstić information content (AvgIpc) is 2.64. The molecule has 0 amide bonds. The molecule has 0 atom stereocenters. The minimum atomic E-state index is -0.100. The lowest BCUT2D eigenvalue weighted by Gasteiger charge is -2.36. The maximum Gasteiger partial charge on any atom is 0.0786 e. The van der Waals surface area contributed by atoms with Crippen molar-refractivity contribution in [3.8, 4) is 11.3 Å². The van der Waals surface area contributed by atoms with Crippen LogP contribution >= 0.6 is 0 Å². The molecule has 0 N–H and O–H groups in total. The van der Waals surface area contributed by atoms with Crippen LogP contribution in [0.4, 0.5) is 0 Å². The van der Waals surface area contributed by atoms with Gasteiger partial charge in [0.25, 0.3) is 0 Å². The quantitative estimate of drug-likeness (QED) is 0.412. The highest BCUT2D eigenvalue weighted by molar-refractivity contribution is 6.05. The zero-order valence-corrected chi connectivity index (χ0v) is 15.7. The maximum absolute atomic E-state index is 4.81. The number of pyridine rings is 2. The zero-order valence-electron chi connectivity index (χ0n) is 15.7. The van der Waals surface area contributed by atoms with Gasteiger partial charge in [-0.05, 0) is 45.5 Å². The molecular formula is C24H22N2. The van der Waals surface area contributed by atoms with Crippen molar-refractivity contribution in [3.63, 3.8) is 0 Å². The Labute approximate surface area is 153 Å². The summed E-state index contributed by atoms with van der Waals surface area (Å²) in [5, 5.41) is 5.07. The first-order valence-electron chi connectivity index (χ1n) is 9.29. The highest BCUT2D eigenvalue weighted by Crippen LogP contribution is 2.50. The molecule has 0 spiro atoms. The molecule has 0 bridgehead atoms. The predicted octanol–water partition coefficient (Wildman–Crippen LogP) is 6.21. The Bertz CT molecular complexity index is 1190. The van der Waals surface area contributed by atoms with Crippen LogP contribution in [0.3, 0.4) is 0 Å². The Hall–Kier alpha value is -2.74. The van der Waals surface area contributed by atoms with Crippen LogP contribution in [0.5, 0.6) is 0 Å². The number of benzene rings is 2. The van der Waals surface area contributed by atoms with Gasteiger partial charge in [-0.25, -0.2) is 0 Å². The maximum atomic E-state index is 4.81. The number of fused-ring (bicyclic) bond motifs is 4. The molecule has 2 heteroatoms. The molecule has 4 aromatic rings. The highest BCUT2D eigenvalue weighted by atomic mass is 14.7. The van der Waals surface area contributed by atoms with Crippen LogP contribution in [0.1, 0.15) is 50.3 Å². The predicted molar refractivity (Wildman–Crippen MR) is 109 cm³/mol. The van der Waals surface area contributed by atoms with Crippen molar-refractivity contribution in [1.82, 2.24) is 9.97 Å². The van der Waals surface area contributed by atoms with E-state index in [2.05, 4.69) is 69.1 Å². The van der Waals surface area contributed by atoms with Gasteiger partial charge in [0.15, 0.2) is 0 Å². The van der Waals surface area contributed by atoms with Crippen molar-refractivity contribution in [1.29, 1.82) is 0 Å². The SMILES string of the molecule is CC(C)c1cc2c3c(nccc3c1)-c1ccc3ccncc3c1C2(C)C. The largest absolute Gasteiger partial charge is 0.264 e. The molecule has 1 aliphatic rings. The van der Waals surface area contributed by atoms with E-state index in [4.69, 9.17) is 4.98 Å². The smallest absolute Gasteiger partial charge is 0.0786 e. The summed E-state index contributed by atoms with van der Waals surface area (Å²) in [6.07, 6.45) is 5.82. The van der Waals surface area contributed by atoms with Gasteiger partial charge in [-0.3, -0.25) is 9.97 Å². The highest BCUT2D eigenvalue weighted by Gasteiger charge is 2.36.